The molecular weight excluding hydrogens is 719 g/mol. The van der Waals surface area contributed by atoms with Gasteiger partial charge in [0, 0.05) is 47.4 Å². The van der Waals surface area contributed by atoms with E-state index in [4.69, 9.17) is 19.4 Å². The van der Waals surface area contributed by atoms with Gasteiger partial charge in [0.05, 0.1) is 17.1 Å². The summed E-state index contributed by atoms with van der Waals surface area (Å²) in [5.74, 6) is 1.20. The van der Waals surface area contributed by atoms with E-state index in [-0.39, 0.29) is 0 Å². The van der Waals surface area contributed by atoms with Crippen molar-refractivity contribution in [1.29, 1.82) is 0 Å². The maximum Gasteiger partial charge on any atom is 0.144 e. The number of nitrogens with zero attached hydrogens (tertiary/aromatic N) is 3. The average Bonchev–Trinajstić information content (AvgIpc) is 3.65. The highest BCUT2D eigenvalue weighted by Gasteiger charge is 2.29. The Morgan fingerprint density at radius 2 is 1.15 bits per heavy atom. The molecule has 0 radical (unpaired) electrons. The van der Waals surface area contributed by atoms with Crippen LogP contribution in [0.5, 0.6) is 0 Å². The molecule has 8 aromatic rings. The minimum atomic E-state index is -0.766. The molecule has 1 aliphatic rings. The van der Waals surface area contributed by atoms with Gasteiger partial charge in [0.1, 0.15) is 11.2 Å². The Balaban J connectivity index is 0.919. The number of furan rings is 1. The van der Waals surface area contributed by atoms with E-state index in [1.165, 1.54) is 54.4 Å². The number of hydrogen-bond acceptors (Lipinski definition) is 4. The molecule has 9 rings (SSSR count). The first-order valence-electron chi connectivity index (χ1n) is 22.2. The second-order valence-corrected chi connectivity index (χ2v) is 17.3. The number of fused-ring (bicyclic) bond motifs is 3. The highest BCUT2D eigenvalue weighted by molar-refractivity contribution is 6.09. The summed E-state index contributed by atoms with van der Waals surface area (Å²) in [6.45, 7) is 6.11. The number of benzene rings is 4. The van der Waals surface area contributed by atoms with Crippen molar-refractivity contribution in [2.45, 2.75) is 84.5 Å². The van der Waals surface area contributed by atoms with Crippen LogP contribution in [0.3, 0.4) is 0 Å². The number of para-hydroxylation sites is 1. The fourth-order valence-electron chi connectivity index (χ4n) is 9.62. The SMILES string of the molecule is [2H]C(C)(C)c1cc(-c2cccc3c2oc2cc(C)ccc23)ncc1CCC1CC(CCc2ccc(-c3ccccc3)nc2)CC(CCc2ccc(-c3ccccc3)nc2)C1. The monoisotopic (exact) mass is 774 g/mol. The first-order chi connectivity index (χ1) is 29.2. The molecule has 0 aliphatic heterocycles. The minimum absolute atomic E-state index is 0.625. The van der Waals surface area contributed by atoms with Crippen LogP contribution in [0.1, 0.15) is 87.5 Å². The van der Waals surface area contributed by atoms with E-state index in [1.807, 2.05) is 13.8 Å². The standard InChI is InChI=1S/C55H55N3O/c1-37(2)50-33-53(49-16-10-15-48-47-26-17-38(3)29-54(47)59-55(48)49)58-36-46(50)25-22-43-31-41(20-18-39-23-27-51(56-34-39)44-11-6-4-7-12-44)30-42(32-43)21-19-40-24-28-52(57-35-40)45-13-8-5-9-14-45/h4-17,23-24,26-29,33-37,41-43H,18-22,25,30-32H2,1-3H3/i37D. The number of hydrogen-bond donors (Lipinski definition) is 0. The van der Waals surface area contributed by atoms with Crippen molar-refractivity contribution in [2.24, 2.45) is 17.8 Å². The molecule has 4 nitrogen and oxygen atoms in total. The van der Waals surface area contributed by atoms with Crippen LogP contribution in [0, 0.1) is 24.7 Å². The van der Waals surface area contributed by atoms with Crippen LogP contribution in [-0.2, 0) is 19.3 Å². The van der Waals surface area contributed by atoms with Gasteiger partial charge in [-0.05, 0) is 147 Å². The van der Waals surface area contributed by atoms with Crippen molar-refractivity contribution in [3.8, 4) is 33.8 Å². The molecule has 1 fully saturated rings. The first-order valence-corrected chi connectivity index (χ1v) is 21.7. The lowest BCUT2D eigenvalue weighted by Gasteiger charge is -2.35. The van der Waals surface area contributed by atoms with Gasteiger partial charge in [0.2, 0.25) is 0 Å². The summed E-state index contributed by atoms with van der Waals surface area (Å²) in [6, 6.07) is 44.7. The van der Waals surface area contributed by atoms with Gasteiger partial charge in [0.15, 0.2) is 0 Å². The normalized spacial score (nSPS) is 17.3. The average molecular weight is 775 g/mol. The third-order valence-corrected chi connectivity index (χ3v) is 12.7. The van der Waals surface area contributed by atoms with Gasteiger partial charge in [-0.1, -0.05) is 111 Å². The molecule has 59 heavy (non-hydrogen) atoms. The van der Waals surface area contributed by atoms with Crippen LogP contribution in [0.4, 0.5) is 0 Å². The van der Waals surface area contributed by atoms with Gasteiger partial charge < -0.3 is 4.42 Å². The van der Waals surface area contributed by atoms with E-state index < -0.39 is 5.89 Å². The second-order valence-electron chi connectivity index (χ2n) is 17.3. The van der Waals surface area contributed by atoms with Crippen molar-refractivity contribution >= 4 is 21.9 Å². The quantitative estimate of drug-likeness (QED) is 0.117. The van der Waals surface area contributed by atoms with Gasteiger partial charge in [-0.25, -0.2) is 0 Å². The van der Waals surface area contributed by atoms with Gasteiger partial charge in [0.25, 0.3) is 0 Å². The number of rotatable bonds is 13. The van der Waals surface area contributed by atoms with Crippen molar-refractivity contribution in [1.82, 2.24) is 15.0 Å². The van der Waals surface area contributed by atoms with Crippen molar-refractivity contribution < 1.29 is 5.79 Å². The van der Waals surface area contributed by atoms with Crippen LogP contribution in [0.2, 0.25) is 0 Å². The molecule has 0 amide bonds. The van der Waals surface area contributed by atoms with Crippen LogP contribution in [-0.4, -0.2) is 15.0 Å². The van der Waals surface area contributed by atoms with Crippen LogP contribution >= 0.6 is 0 Å². The molecule has 2 atom stereocenters. The van der Waals surface area contributed by atoms with E-state index in [0.29, 0.717) is 17.8 Å². The Hall–Kier alpha value is -5.87. The maximum absolute atomic E-state index is 9.27. The summed E-state index contributed by atoms with van der Waals surface area (Å²) in [7, 11) is 0. The second kappa shape index (κ2) is 17.5. The molecule has 1 saturated carbocycles. The summed E-state index contributed by atoms with van der Waals surface area (Å²) >= 11 is 0. The van der Waals surface area contributed by atoms with Crippen molar-refractivity contribution in [3.63, 3.8) is 0 Å². The maximum atomic E-state index is 9.27. The Morgan fingerprint density at radius 3 is 1.71 bits per heavy atom. The third kappa shape index (κ3) is 8.93. The van der Waals surface area contributed by atoms with E-state index in [1.54, 1.807) is 0 Å². The van der Waals surface area contributed by atoms with Crippen molar-refractivity contribution in [3.05, 3.63) is 174 Å². The third-order valence-electron chi connectivity index (χ3n) is 12.7. The van der Waals surface area contributed by atoms with Crippen LogP contribution in [0.25, 0.3) is 55.7 Å². The molecule has 0 spiro atoms. The Morgan fingerprint density at radius 1 is 0.576 bits per heavy atom. The largest absolute Gasteiger partial charge is 0.455 e. The highest BCUT2D eigenvalue weighted by atomic mass is 16.3. The molecule has 0 bridgehead atoms. The molecule has 4 heterocycles. The molecule has 4 aromatic carbocycles. The number of aryl methyl sites for hydroxylation is 4. The minimum Gasteiger partial charge on any atom is -0.455 e. The van der Waals surface area contributed by atoms with Gasteiger partial charge in [-0.15, -0.1) is 0 Å². The van der Waals surface area contributed by atoms with E-state index in [0.717, 1.165) is 87.0 Å². The van der Waals surface area contributed by atoms with Gasteiger partial charge >= 0.3 is 0 Å². The molecule has 1 aliphatic carbocycles. The predicted molar refractivity (Wildman–Crippen MR) is 244 cm³/mol. The number of pyridine rings is 3. The molecule has 296 valence electrons. The molecule has 0 saturated heterocycles. The number of aromatic nitrogens is 3. The molecule has 4 aromatic heterocycles. The predicted octanol–water partition coefficient (Wildman–Crippen LogP) is 14.4. The zero-order valence-corrected chi connectivity index (χ0v) is 34.7. The Kier molecular flexibility index (Phi) is 11.1. The molecule has 2 unspecified atom stereocenters. The van der Waals surface area contributed by atoms with E-state index in [2.05, 4.69) is 153 Å². The smallest absolute Gasteiger partial charge is 0.144 e. The molecule has 0 N–H and O–H groups in total. The van der Waals surface area contributed by atoms with Crippen LogP contribution in [0.15, 0.2) is 150 Å². The van der Waals surface area contributed by atoms with Gasteiger partial charge in [-0.3, -0.25) is 15.0 Å². The van der Waals surface area contributed by atoms with E-state index >= 15 is 0 Å². The lowest BCUT2D eigenvalue weighted by Crippen LogP contribution is -2.24. The molecular formula is C55H55N3O. The van der Waals surface area contributed by atoms with E-state index in [9.17, 15) is 1.37 Å². The summed E-state index contributed by atoms with van der Waals surface area (Å²) in [6.07, 6.45) is 16.5. The first kappa shape index (κ1) is 37.4. The topological polar surface area (TPSA) is 51.8 Å². The lowest BCUT2D eigenvalue weighted by atomic mass is 9.70. The summed E-state index contributed by atoms with van der Waals surface area (Å²) < 4.78 is 15.7. The van der Waals surface area contributed by atoms with Gasteiger partial charge in [-0.2, -0.15) is 0 Å². The summed E-state index contributed by atoms with van der Waals surface area (Å²) in [5, 5.41) is 2.22. The summed E-state index contributed by atoms with van der Waals surface area (Å²) in [4.78, 5) is 14.8. The zero-order valence-electron chi connectivity index (χ0n) is 35.7. The fraction of sp³-hybridized carbons (Fsp3) is 0.291. The highest BCUT2D eigenvalue weighted by Crippen LogP contribution is 2.41. The summed E-state index contributed by atoms with van der Waals surface area (Å²) in [5.41, 5.74) is 14.0. The van der Waals surface area contributed by atoms with Crippen molar-refractivity contribution in [2.75, 3.05) is 0 Å². The zero-order chi connectivity index (χ0) is 41.1. The Bertz CT molecular complexity index is 2590. The van der Waals surface area contributed by atoms with Crippen LogP contribution < -0.4 is 0 Å². The Labute approximate surface area is 351 Å². The fourth-order valence-corrected chi connectivity index (χ4v) is 9.62. The molecule has 4 heteroatoms. The lowest BCUT2D eigenvalue weighted by molar-refractivity contribution is 0.172.